The second-order valence-corrected chi connectivity index (χ2v) is 7.61. The van der Waals surface area contributed by atoms with Gasteiger partial charge in [0.2, 0.25) is 11.8 Å². The van der Waals surface area contributed by atoms with E-state index in [0.717, 1.165) is 56.7 Å². The number of aryl methyl sites for hydroxylation is 1. The Balaban J connectivity index is 1.59. The minimum atomic E-state index is 0.140. The maximum absolute atomic E-state index is 12.4. The van der Waals surface area contributed by atoms with E-state index in [4.69, 9.17) is 0 Å². The number of nitrogens with zero attached hydrogens (tertiary/aromatic N) is 4. The molecule has 6 nitrogen and oxygen atoms in total. The molecule has 0 atom stereocenters. The van der Waals surface area contributed by atoms with Crippen LogP contribution in [-0.4, -0.2) is 51.2 Å². The van der Waals surface area contributed by atoms with E-state index >= 15 is 0 Å². The molecule has 0 radical (unpaired) electrons. The van der Waals surface area contributed by atoms with Crippen LogP contribution in [0.25, 0.3) is 0 Å². The summed E-state index contributed by atoms with van der Waals surface area (Å²) in [5.41, 5.74) is 1.85. The van der Waals surface area contributed by atoms with Gasteiger partial charge in [0.15, 0.2) is 0 Å². The summed E-state index contributed by atoms with van der Waals surface area (Å²) in [4.78, 5) is 37.2. The first kappa shape index (κ1) is 18.5. The molecule has 2 fully saturated rings. The summed E-state index contributed by atoms with van der Waals surface area (Å²) < 4.78 is 0. The number of aromatic nitrogens is 2. The van der Waals surface area contributed by atoms with Crippen LogP contribution in [0.1, 0.15) is 49.9 Å². The number of carbonyl (C=O) groups excluding carboxylic acids is 2. The van der Waals surface area contributed by atoms with E-state index in [1.54, 1.807) is 18.5 Å². The van der Waals surface area contributed by atoms with Crippen LogP contribution in [0.5, 0.6) is 0 Å². The summed E-state index contributed by atoms with van der Waals surface area (Å²) in [6, 6.07) is 0. The topological polar surface area (TPSA) is 66.4 Å². The lowest BCUT2D eigenvalue weighted by molar-refractivity contribution is -0.143. The van der Waals surface area contributed by atoms with Gasteiger partial charge in [0.1, 0.15) is 0 Å². The van der Waals surface area contributed by atoms with Crippen LogP contribution in [-0.2, 0) is 16.1 Å². The Hall–Kier alpha value is -2.24. The zero-order valence-electron chi connectivity index (χ0n) is 15.6. The maximum Gasteiger partial charge on any atom is 0.222 e. The van der Waals surface area contributed by atoms with Crippen molar-refractivity contribution in [3.05, 3.63) is 36.4 Å². The molecule has 3 rings (SSSR count). The standard InChI is InChI=1S/C20H28N4O2/c1-3-4-5-18(25)23-10-8-20(9-11-23)7-6-19(26)24(15-20)14-17-13-21-16(2)12-22-17/h3,12-13H,1,4-11,14-15H2,2H3. The summed E-state index contributed by atoms with van der Waals surface area (Å²) in [6.07, 6.45) is 10.0. The van der Waals surface area contributed by atoms with Gasteiger partial charge < -0.3 is 9.80 Å². The predicted octanol–water partition coefficient (Wildman–Crippen LogP) is 2.48. The fourth-order valence-corrected chi connectivity index (χ4v) is 3.97. The Morgan fingerprint density at radius 3 is 2.69 bits per heavy atom. The lowest BCUT2D eigenvalue weighted by Crippen LogP contribution is -2.52. The second-order valence-electron chi connectivity index (χ2n) is 7.61. The number of hydrogen-bond donors (Lipinski definition) is 0. The molecule has 2 aliphatic rings. The quantitative estimate of drug-likeness (QED) is 0.760. The number of likely N-dealkylation sites (tertiary alicyclic amines) is 2. The van der Waals surface area contributed by atoms with Gasteiger partial charge in [0, 0.05) is 38.7 Å². The monoisotopic (exact) mass is 356 g/mol. The molecule has 140 valence electrons. The molecule has 0 aromatic carbocycles. The molecular formula is C20H28N4O2. The van der Waals surface area contributed by atoms with Gasteiger partial charge in [-0.15, -0.1) is 6.58 Å². The molecule has 6 heteroatoms. The fourth-order valence-electron chi connectivity index (χ4n) is 3.97. The molecular weight excluding hydrogens is 328 g/mol. The zero-order chi connectivity index (χ0) is 18.6. The first-order valence-corrected chi connectivity index (χ1v) is 9.45. The van der Waals surface area contributed by atoms with Crippen molar-refractivity contribution in [1.82, 2.24) is 19.8 Å². The van der Waals surface area contributed by atoms with Crippen LogP contribution in [0, 0.1) is 12.3 Å². The molecule has 0 aliphatic carbocycles. The van der Waals surface area contributed by atoms with Gasteiger partial charge >= 0.3 is 0 Å². The van der Waals surface area contributed by atoms with E-state index in [-0.39, 0.29) is 17.2 Å². The average molecular weight is 356 g/mol. The third kappa shape index (κ3) is 4.29. The van der Waals surface area contributed by atoms with Crippen LogP contribution in [0.2, 0.25) is 0 Å². The van der Waals surface area contributed by atoms with Gasteiger partial charge in [0.25, 0.3) is 0 Å². The maximum atomic E-state index is 12.4. The van der Waals surface area contributed by atoms with E-state index in [9.17, 15) is 9.59 Å². The molecule has 1 aromatic heterocycles. The number of amides is 2. The van der Waals surface area contributed by atoms with Crippen LogP contribution < -0.4 is 0 Å². The Morgan fingerprint density at radius 1 is 1.27 bits per heavy atom. The third-order valence-electron chi connectivity index (χ3n) is 5.67. The van der Waals surface area contributed by atoms with Crippen molar-refractivity contribution in [2.24, 2.45) is 5.41 Å². The summed E-state index contributed by atoms with van der Waals surface area (Å²) in [6.45, 7) is 8.46. The van der Waals surface area contributed by atoms with Crippen molar-refractivity contribution in [3.63, 3.8) is 0 Å². The minimum absolute atomic E-state index is 0.140. The van der Waals surface area contributed by atoms with Crippen molar-refractivity contribution >= 4 is 11.8 Å². The Morgan fingerprint density at radius 2 is 2.04 bits per heavy atom. The molecule has 0 bridgehead atoms. The highest BCUT2D eigenvalue weighted by atomic mass is 16.2. The van der Waals surface area contributed by atoms with Gasteiger partial charge in [-0.2, -0.15) is 0 Å². The van der Waals surface area contributed by atoms with Gasteiger partial charge in [-0.1, -0.05) is 6.08 Å². The smallest absolute Gasteiger partial charge is 0.222 e. The van der Waals surface area contributed by atoms with Crippen LogP contribution >= 0.6 is 0 Å². The largest absolute Gasteiger partial charge is 0.343 e. The first-order chi connectivity index (χ1) is 12.5. The van der Waals surface area contributed by atoms with Crippen molar-refractivity contribution in [2.45, 2.75) is 52.0 Å². The normalized spacial score (nSPS) is 19.7. The zero-order valence-corrected chi connectivity index (χ0v) is 15.6. The van der Waals surface area contributed by atoms with Crippen LogP contribution in [0.15, 0.2) is 25.0 Å². The van der Waals surface area contributed by atoms with Gasteiger partial charge in [-0.05, 0) is 38.0 Å². The number of carbonyl (C=O) groups is 2. The molecule has 2 aliphatic heterocycles. The third-order valence-corrected chi connectivity index (χ3v) is 5.67. The van der Waals surface area contributed by atoms with E-state index < -0.39 is 0 Å². The summed E-state index contributed by atoms with van der Waals surface area (Å²) in [5, 5.41) is 0. The molecule has 0 saturated carbocycles. The van der Waals surface area contributed by atoms with E-state index in [0.29, 0.717) is 19.4 Å². The molecule has 2 amide bonds. The molecule has 0 N–H and O–H groups in total. The summed E-state index contributed by atoms with van der Waals surface area (Å²) in [7, 11) is 0. The lowest BCUT2D eigenvalue weighted by Gasteiger charge is -2.47. The Bertz CT molecular complexity index is 663. The van der Waals surface area contributed by atoms with Crippen molar-refractivity contribution < 1.29 is 9.59 Å². The van der Waals surface area contributed by atoms with Crippen molar-refractivity contribution in [1.29, 1.82) is 0 Å². The predicted molar refractivity (Wildman–Crippen MR) is 99.1 cm³/mol. The van der Waals surface area contributed by atoms with Gasteiger partial charge in [0.05, 0.1) is 24.1 Å². The van der Waals surface area contributed by atoms with Gasteiger partial charge in [-0.25, -0.2) is 0 Å². The van der Waals surface area contributed by atoms with Crippen LogP contribution in [0.3, 0.4) is 0 Å². The van der Waals surface area contributed by atoms with E-state index in [1.165, 1.54) is 0 Å². The fraction of sp³-hybridized carbons (Fsp3) is 0.600. The summed E-state index contributed by atoms with van der Waals surface area (Å²) in [5.74, 6) is 0.418. The molecule has 3 heterocycles. The highest BCUT2D eigenvalue weighted by Crippen LogP contribution is 2.40. The first-order valence-electron chi connectivity index (χ1n) is 9.45. The highest BCUT2D eigenvalue weighted by Gasteiger charge is 2.41. The number of rotatable bonds is 5. The minimum Gasteiger partial charge on any atom is -0.343 e. The number of piperidine rings is 2. The average Bonchev–Trinajstić information content (AvgIpc) is 2.65. The number of allylic oxidation sites excluding steroid dienone is 1. The molecule has 0 unspecified atom stereocenters. The van der Waals surface area contributed by atoms with E-state index in [2.05, 4.69) is 16.5 Å². The summed E-state index contributed by atoms with van der Waals surface area (Å²) >= 11 is 0. The SMILES string of the molecule is C=CCCC(=O)N1CCC2(CCC(=O)N(Cc3cnc(C)cn3)C2)CC1. The lowest BCUT2D eigenvalue weighted by atomic mass is 9.72. The van der Waals surface area contributed by atoms with Crippen molar-refractivity contribution in [3.8, 4) is 0 Å². The van der Waals surface area contributed by atoms with Crippen LogP contribution in [0.4, 0.5) is 0 Å². The van der Waals surface area contributed by atoms with Crippen molar-refractivity contribution in [2.75, 3.05) is 19.6 Å². The molecule has 1 spiro atoms. The molecule has 2 saturated heterocycles. The van der Waals surface area contributed by atoms with E-state index in [1.807, 2.05) is 16.7 Å². The second kappa shape index (κ2) is 7.98. The molecule has 26 heavy (non-hydrogen) atoms. The molecule has 1 aromatic rings. The Labute approximate surface area is 155 Å². The number of hydrogen-bond acceptors (Lipinski definition) is 4. The van der Waals surface area contributed by atoms with Gasteiger partial charge in [-0.3, -0.25) is 19.6 Å². The Kier molecular flexibility index (Phi) is 5.69. The highest BCUT2D eigenvalue weighted by molar-refractivity contribution is 5.77.